The maximum Gasteiger partial charge on any atom is 0.257 e. The molecule has 0 aliphatic rings. The molecule has 0 saturated carbocycles. The van der Waals surface area contributed by atoms with Gasteiger partial charge in [-0.2, -0.15) is 0 Å². The van der Waals surface area contributed by atoms with Gasteiger partial charge in [0.05, 0.1) is 16.3 Å². The Morgan fingerprint density at radius 2 is 2.19 bits per heavy atom. The summed E-state index contributed by atoms with van der Waals surface area (Å²) in [4.78, 5) is 16.2. The number of hydrogen-bond donors (Lipinski definition) is 2. The van der Waals surface area contributed by atoms with E-state index in [2.05, 4.69) is 15.6 Å². The smallest absolute Gasteiger partial charge is 0.257 e. The molecule has 0 spiro atoms. The van der Waals surface area contributed by atoms with Gasteiger partial charge in [-0.25, -0.2) is 9.37 Å². The average molecular weight is 308 g/mol. The van der Waals surface area contributed by atoms with Gasteiger partial charge in [0.25, 0.3) is 5.91 Å². The fourth-order valence-corrected chi connectivity index (χ4v) is 2.07. The largest absolute Gasteiger partial charge is 0.369 e. The van der Waals surface area contributed by atoms with Crippen molar-refractivity contribution in [2.75, 3.05) is 17.2 Å². The van der Waals surface area contributed by atoms with E-state index >= 15 is 0 Å². The van der Waals surface area contributed by atoms with Crippen molar-refractivity contribution < 1.29 is 9.18 Å². The van der Waals surface area contributed by atoms with Crippen molar-refractivity contribution in [1.29, 1.82) is 0 Å². The van der Waals surface area contributed by atoms with Crippen LogP contribution in [0.3, 0.4) is 0 Å². The molecule has 1 heterocycles. The molecule has 0 unspecified atom stereocenters. The molecule has 0 aliphatic heterocycles. The van der Waals surface area contributed by atoms with Gasteiger partial charge in [-0.1, -0.05) is 23.7 Å². The first-order valence-corrected chi connectivity index (χ1v) is 6.86. The molecule has 1 aromatic heterocycles. The normalized spacial score (nSPS) is 10.3. The van der Waals surface area contributed by atoms with Gasteiger partial charge in [0.1, 0.15) is 11.6 Å². The fourth-order valence-electron chi connectivity index (χ4n) is 1.84. The number of anilines is 2. The van der Waals surface area contributed by atoms with Crippen LogP contribution >= 0.6 is 11.6 Å². The van der Waals surface area contributed by atoms with E-state index in [1.165, 1.54) is 18.3 Å². The van der Waals surface area contributed by atoms with Gasteiger partial charge in [-0.05, 0) is 31.5 Å². The molecule has 0 fully saturated rings. The lowest BCUT2D eigenvalue weighted by atomic mass is 10.1. The van der Waals surface area contributed by atoms with E-state index in [9.17, 15) is 9.18 Å². The first-order valence-electron chi connectivity index (χ1n) is 6.48. The lowest BCUT2D eigenvalue weighted by Crippen LogP contribution is -2.14. The van der Waals surface area contributed by atoms with E-state index in [4.69, 9.17) is 11.6 Å². The lowest BCUT2D eigenvalue weighted by molar-refractivity contribution is 0.102. The number of carbonyl (C=O) groups excluding carboxylic acids is 1. The van der Waals surface area contributed by atoms with E-state index in [1.54, 1.807) is 19.1 Å². The Hall–Kier alpha value is -2.14. The number of rotatable bonds is 4. The predicted octanol–water partition coefficient (Wildman–Crippen LogP) is 3.87. The summed E-state index contributed by atoms with van der Waals surface area (Å²) in [7, 11) is 0. The molecule has 0 saturated heterocycles. The summed E-state index contributed by atoms with van der Waals surface area (Å²) in [6, 6.07) is 6.10. The Morgan fingerprint density at radius 1 is 1.43 bits per heavy atom. The predicted molar refractivity (Wildman–Crippen MR) is 82.5 cm³/mol. The van der Waals surface area contributed by atoms with Crippen LogP contribution in [-0.2, 0) is 0 Å². The Bertz CT molecular complexity index is 656. The fraction of sp³-hybridized carbons (Fsp3) is 0.200. The summed E-state index contributed by atoms with van der Waals surface area (Å²) in [6.45, 7) is 4.31. The van der Waals surface area contributed by atoms with Crippen molar-refractivity contribution in [2.24, 2.45) is 0 Å². The molecule has 0 bridgehead atoms. The number of aryl methyl sites for hydroxylation is 1. The first-order chi connectivity index (χ1) is 10.0. The molecular weight excluding hydrogens is 293 g/mol. The summed E-state index contributed by atoms with van der Waals surface area (Å²) in [6.07, 6.45) is 1.40. The van der Waals surface area contributed by atoms with Gasteiger partial charge >= 0.3 is 0 Å². The average Bonchev–Trinajstić information content (AvgIpc) is 2.45. The zero-order valence-corrected chi connectivity index (χ0v) is 12.5. The van der Waals surface area contributed by atoms with Crippen molar-refractivity contribution in [3.05, 3.63) is 52.4 Å². The van der Waals surface area contributed by atoms with Crippen molar-refractivity contribution >= 4 is 29.0 Å². The number of amides is 1. The van der Waals surface area contributed by atoms with Crippen LogP contribution in [0.15, 0.2) is 30.5 Å². The molecule has 2 aromatic rings. The third kappa shape index (κ3) is 3.49. The number of pyridine rings is 1. The van der Waals surface area contributed by atoms with E-state index < -0.39 is 11.7 Å². The Kier molecular flexibility index (Phi) is 4.75. The van der Waals surface area contributed by atoms with Gasteiger partial charge in [0.2, 0.25) is 0 Å². The van der Waals surface area contributed by atoms with E-state index in [0.29, 0.717) is 22.9 Å². The van der Waals surface area contributed by atoms with Crippen LogP contribution in [0, 0.1) is 12.7 Å². The zero-order chi connectivity index (χ0) is 15.4. The topological polar surface area (TPSA) is 54.0 Å². The molecule has 21 heavy (non-hydrogen) atoms. The Morgan fingerprint density at radius 3 is 2.81 bits per heavy atom. The first kappa shape index (κ1) is 15.3. The second-order valence-electron chi connectivity index (χ2n) is 4.47. The monoisotopic (exact) mass is 307 g/mol. The summed E-state index contributed by atoms with van der Waals surface area (Å²) in [5.41, 5.74) is 1.07. The zero-order valence-electron chi connectivity index (χ0n) is 11.7. The van der Waals surface area contributed by atoms with Gasteiger partial charge in [0, 0.05) is 12.7 Å². The Balaban J connectivity index is 2.23. The van der Waals surface area contributed by atoms with Crippen LogP contribution < -0.4 is 10.6 Å². The molecule has 6 heteroatoms. The maximum absolute atomic E-state index is 13.7. The second kappa shape index (κ2) is 6.54. The van der Waals surface area contributed by atoms with Gasteiger partial charge in [-0.3, -0.25) is 4.79 Å². The lowest BCUT2D eigenvalue weighted by Gasteiger charge is -2.10. The number of aromatic nitrogens is 1. The van der Waals surface area contributed by atoms with E-state index in [1.807, 2.05) is 6.92 Å². The molecule has 2 N–H and O–H groups in total. The second-order valence-corrected chi connectivity index (χ2v) is 4.88. The highest BCUT2D eigenvalue weighted by atomic mass is 35.5. The minimum atomic E-state index is -0.480. The molecule has 2 rings (SSSR count). The molecule has 0 atom stereocenters. The standard InChI is InChI=1S/C15H15ClFN3O/c1-3-18-14-11(16)7-10(8-19-14)15(21)20-13-9(2)5-4-6-12(13)17/h4-8H,3H2,1-2H3,(H,18,19)(H,20,21). The van der Waals surface area contributed by atoms with Gasteiger partial charge in [-0.15, -0.1) is 0 Å². The summed E-state index contributed by atoms with van der Waals surface area (Å²) in [5, 5.41) is 5.86. The van der Waals surface area contributed by atoms with Crippen molar-refractivity contribution in [3.63, 3.8) is 0 Å². The van der Waals surface area contributed by atoms with Crippen LogP contribution in [0.2, 0.25) is 5.02 Å². The van der Waals surface area contributed by atoms with Crippen LogP contribution in [0.25, 0.3) is 0 Å². The highest BCUT2D eigenvalue weighted by Gasteiger charge is 2.13. The van der Waals surface area contributed by atoms with Crippen LogP contribution in [-0.4, -0.2) is 17.4 Å². The molecule has 1 amide bonds. The van der Waals surface area contributed by atoms with Crippen molar-refractivity contribution in [1.82, 2.24) is 4.98 Å². The molecule has 0 radical (unpaired) electrons. The van der Waals surface area contributed by atoms with Crippen LogP contribution in [0.1, 0.15) is 22.8 Å². The molecule has 110 valence electrons. The highest BCUT2D eigenvalue weighted by molar-refractivity contribution is 6.33. The molecule has 4 nitrogen and oxygen atoms in total. The van der Waals surface area contributed by atoms with Gasteiger partial charge in [0.15, 0.2) is 0 Å². The maximum atomic E-state index is 13.7. The quantitative estimate of drug-likeness (QED) is 0.901. The third-order valence-electron chi connectivity index (χ3n) is 2.91. The minimum Gasteiger partial charge on any atom is -0.369 e. The Labute approximate surface area is 127 Å². The summed E-state index contributed by atoms with van der Waals surface area (Å²) >= 11 is 6.04. The third-order valence-corrected chi connectivity index (χ3v) is 3.20. The summed E-state index contributed by atoms with van der Waals surface area (Å²) in [5.74, 6) is -0.426. The SMILES string of the molecule is CCNc1ncc(C(=O)Nc2c(C)cccc2F)cc1Cl. The van der Waals surface area contributed by atoms with Crippen LogP contribution in [0.5, 0.6) is 0 Å². The summed E-state index contributed by atoms with van der Waals surface area (Å²) < 4.78 is 13.7. The number of halogens is 2. The number of benzene rings is 1. The van der Waals surface area contributed by atoms with E-state index in [-0.39, 0.29) is 11.3 Å². The molecular formula is C15H15ClFN3O. The molecule has 1 aromatic carbocycles. The minimum absolute atomic E-state index is 0.161. The number of hydrogen-bond acceptors (Lipinski definition) is 3. The number of nitrogens with zero attached hydrogens (tertiary/aromatic N) is 1. The van der Waals surface area contributed by atoms with Gasteiger partial charge < -0.3 is 10.6 Å². The van der Waals surface area contributed by atoms with Crippen LogP contribution in [0.4, 0.5) is 15.9 Å². The molecule has 0 aliphatic carbocycles. The van der Waals surface area contributed by atoms with Crippen molar-refractivity contribution in [2.45, 2.75) is 13.8 Å². The van der Waals surface area contributed by atoms with Crippen molar-refractivity contribution in [3.8, 4) is 0 Å². The number of para-hydroxylation sites is 1. The number of nitrogens with one attached hydrogen (secondary N) is 2. The highest BCUT2D eigenvalue weighted by Crippen LogP contribution is 2.22. The van der Waals surface area contributed by atoms with E-state index in [0.717, 1.165) is 0 Å². The number of carbonyl (C=O) groups is 1.